The Kier molecular flexibility index (Phi) is 3.18. The fourth-order valence-corrected chi connectivity index (χ4v) is 3.96. The van der Waals surface area contributed by atoms with Gasteiger partial charge in [0.1, 0.15) is 5.69 Å². The van der Waals surface area contributed by atoms with Crippen LogP contribution in [0.2, 0.25) is 0 Å². The van der Waals surface area contributed by atoms with Crippen LogP contribution in [0.3, 0.4) is 0 Å². The van der Waals surface area contributed by atoms with E-state index < -0.39 is 27.5 Å². The number of anilines is 2. The van der Waals surface area contributed by atoms with E-state index in [-0.39, 0.29) is 22.9 Å². The minimum absolute atomic E-state index is 0.00111. The largest absolute Gasteiger partial charge is 0.399 e. The van der Waals surface area contributed by atoms with Gasteiger partial charge in [0.05, 0.1) is 11.5 Å². The van der Waals surface area contributed by atoms with Crippen molar-refractivity contribution < 1.29 is 17.2 Å². The van der Waals surface area contributed by atoms with Gasteiger partial charge in [-0.2, -0.15) is 0 Å². The lowest BCUT2D eigenvalue weighted by molar-refractivity contribution is 0.562. The first-order chi connectivity index (χ1) is 8.30. The van der Waals surface area contributed by atoms with Gasteiger partial charge >= 0.3 is 0 Å². The molecule has 0 radical (unpaired) electrons. The molecule has 0 saturated carbocycles. The van der Waals surface area contributed by atoms with Crippen molar-refractivity contribution in [2.75, 3.05) is 29.2 Å². The van der Waals surface area contributed by atoms with E-state index in [9.17, 15) is 17.2 Å². The quantitative estimate of drug-likeness (QED) is 0.824. The van der Waals surface area contributed by atoms with Gasteiger partial charge in [-0.1, -0.05) is 0 Å². The van der Waals surface area contributed by atoms with Gasteiger partial charge in [0, 0.05) is 18.8 Å². The third-order valence-electron chi connectivity index (χ3n) is 3.15. The molecule has 0 bridgehead atoms. The Morgan fingerprint density at radius 2 is 1.89 bits per heavy atom. The third-order valence-corrected chi connectivity index (χ3v) is 4.90. The maximum Gasteiger partial charge on any atom is 0.152 e. The molecule has 4 nitrogen and oxygen atoms in total. The molecule has 1 aliphatic rings. The lowest BCUT2D eigenvalue weighted by atomic mass is 10.2. The Morgan fingerprint density at radius 3 is 2.33 bits per heavy atom. The number of nitrogens with zero attached hydrogens (tertiary/aromatic N) is 1. The predicted molar refractivity (Wildman–Crippen MR) is 66.2 cm³/mol. The van der Waals surface area contributed by atoms with Gasteiger partial charge in [-0.15, -0.1) is 0 Å². The maximum atomic E-state index is 13.7. The lowest BCUT2D eigenvalue weighted by Gasteiger charge is -2.26. The zero-order chi connectivity index (χ0) is 13.5. The van der Waals surface area contributed by atoms with Gasteiger partial charge in [0.15, 0.2) is 21.5 Å². The molecule has 1 saturated heterocycles. The monoisotopic (exact) mass is 276 g/mol. The van der Waals surface area contributed by atoms with Gasteiger partial charge in [0.2, 0.25) is 0 Å². The number of benzene rings is 1. The standard InChI is InChI=1S/C11H14F2N2O2S/c1-15(8-2-3-18(16,17)6-8)11-9(12)4-7(14)5-10(11)13/h4-5,8H,2-3,6,14H2,1H3. The smallest absolute Gasteiger partial charge is 0.152 e. The lowest BCUT2D eigenvalue weighted by Crippen LogP contribution is -2.33. The van der Waals surface area contributed by atoms with E-state index in [4.69, 9.17) is 5.73 Å². The molecule has 1 aromatic rings. The Balaban J connectivity index is 2.33. The highest BCUT2D eigenvalue weighted by Gasteiger charge is 2.32. The molecule has 1 heterocycles. The highest BCUT2D eigenvalue weighted by molar-refractivity contribution is 7.91. The molecule has 1 atom stereocenters. The minimum atomic E-state index is -3.09. The highest BCUT2D eigenvalue weighted by atomic mass is 32.2. The molecule has 1 aromatic carbocycles. The normalized spacial score (nSPS) is 22.1. The Labute approximate surface area is 104 Å². The zero-order valence-corrected chi connectivity index (χ0v) is 10.7. The average molecular weight is 276 g/mol. The van der Waals surface area contributed by atoms with Crippen molar-refractivity contribution in [3.63, 3.8) is 0 Å². The molecule has 2 rings (SSSR count). The second-order valence-corrected chi connectivity index (χ2v) is 6.73. The Morgan fingerprint density at radius 1 is 1.33 bits per heavy atom. The van der Waals surface area contributed by atoms with Crippen LogP contribution in [0.15, 0.2) is 12.1 Å². The molecule has 0 aliphatic carbocycles. The van der Waals surface area contributed by atoms with Crippen LogP contribution in [0.25, 0.3) is 0 Å². The number of sulfone groups is 1. The van der Waals surface area contributed by atoms with Gasteiger partial charge < -0.3 is 10.6 Å². The summed E-state index contributed by atoms with van der Waals surface area (Å²) in [5.41, 5.74) is 5.10. The van der Waals surface area contributed by atoms with E-state index in [1.54, 1.807) is 0 Å². The van der Waals surface area contributed by atoms with Crippen LogP contribution in [0.5, 0.6) is 0 Å². The van der Waals surface area contributed by atoms with Gasteiger partial charge in [0.25, 0.3) is 0 Å². The predicted octanol–water partition coefficient (Wildman–Crippen LogP) is 1.17. The van der Waals surface area contributed by atoms with E-state index >= 15 is 0 Å². The fraction of sp³-hybridized carbons (Fsp3) is 0.455. The highest BCUT2D eigenvalue weighted by Crippen LogP contribution is 2.29. The molecule has 7 heteroatoms. The van der Waals surface area contributed by atoms with E-state index in [2.05, 4.69) is 0 Å². The van der Waals surface area contributed by atoms with Crippen LogP contribution in [-0.4, -0.2) is 33.0 Å². The van der Waals surface area contributed by atoms with Crippen molar-refractivity contribution in [3.8, 4) is 0 Å². The van der Waals surface area contributed by atoms with Crippen molar-refractivity contribution in [1.29, 1.82) is 0 Å². The molecule has 1 fully saturated rings. The first kappa shape index (κ1) is 13.1. The summed E-state index contributed by atoms with van der Waals surface area (Å²) in [6.07, 6.45) is 0.377. The summed E-state index contributed by atoms with van der Waals surface area (Å²) in [7, 11) is -1.60. The summed E-state index contributed by atoms with van der Waals surface area (Å²) >= 11 is 0. The summed E-state index contributed by atoms with van der Waals surface area (Å²) < 4.78 is 50.1. The van der Waals surface area contributed by atoms with Crippen molar-refractivity contribution in [2.45, 2.75) is 12.5 Å². The molecule has 0 amide bonds. The van der Waals surface area contributed by atoms with Crippen LogP contribution in [-0.2, 0) is 9.84 Å². The summed E-state index contributed by atoms with van der Waals surface area (Å²) in [5.74, 6) is -1.58. The molecule has 0 aromatic heterocycles. The van der Waals surface area contributed by atoms with Crippen LogP contribution >= 0.6 is 0 Å². The number of nitrogens with two attached hydrogens (primary N) is 1. The summed E-state index contributed by atoms with van der Waals surface area (Å²) in [4.78, 5) is 1.34. The van der Waals surface area contributed by atoms with Crippen LogP contribution in [0.4, 0.5) is 20.2 Å². The summed E-state index contributed by atoms with van der Waals surface area (Å²) in [6, 6.07) is 1.65. The van der Waals surface area contributed by atoms with E-state index in [1.165, 1.54) is 11.9 Å². The zero-order valence-electron chi connectivity index (χ0n) is 9.86. The van der Waals surface area contributed by atoms with E-state index in [1.807, 2.05) is 0 Å². The molecular weight excluding hydrogens is 262 g/mol. The number of hydrogen-bond donors (Lipinski definition) is 1. The van der Waals surface area contributed by atoms with Crippen molar-refractivity contribution in [2.24, 2.45) is 0 Å². The number of nitrogen functional groups attached to an aromatic ring is 1. The first-order valence-electron chi connectivity index (χ1n) is 5.48. The number of hydrogen-bond acceptors (Lipinski definition) is 4. The second-order valence-electron chi connectivity index (χ2n) is 4.50. The van der Waals surface area contributed by atoms with Crippen molar-refractivity contribution in [1.82, 2.24) is 0 Å². The summed E-state index contributed by atoms with van der Waals surface area (Å²) in [6.45, 7) is 0. The molecule has 18 heavy (non-hydrogen) atoms. The molecular formula is C11H14F2N2O2S. The van der Waals surface area contributed by atoms with E-state index in [0.717, 1.165) is 12.1 Å². The molecule has 2 N–H and O–H groups in total. The molecule has 1 unspecified atom stereocenters. The van der Waals surface area contributed by atoms with Crippen LogP contribution in [0, 0.1) is 11.6 Å². The van der Waals surface area contributed by atoms with Gasteiger partial charge in [-0.3, -0.25) is 0 Å². The SMILES string of the molecule is CN(c1c(F)cc(N)cc1F)C1CCS(=O)(=O)C1. The van der Waals surface area contributed by atoms with Gasteiger partial charge in [-0.05, 0) is 18.6 Å². The minimum Gasteiger partial charge on any atom is -0.399 e. The van der Waals surface area contributed by atoms with Gasteiger partial charge in [-0.25, -0.2) is 17.2 Å². The maximum absolute atomic E-state index is 13.7. The van der Waals surface area contributed by atoms with Crippen LogP contribution < -0.4 is 10.6 Å². The fourth-order valence-electron chi connectivity index (χ4n) is 2.19. The topological polar surface area (TPSA) is 63.4 Å². The second kappa shape index (κ2) is 4.38. The van der Waals surface area contributed by atoms with Crippen LogP contribution in [0.1, 0.15) is 6.42 Å². The number of rotatable bonds is 2. The Hall–Kier alpha value is -1.37. The Bertz CT molecular complexity index is 551. The first-order valence-corrected chi connectivity index (χ1v) is 7.30. The number of halogens is 2. The van der Waals surface area contributed by atoms with Crippen molar-refractivity contribution >= 4 is 21.2 Å². The molecule has 1 aliphatic heterocycles. The van der Waals surface area contributed by atoms with Crippen molar-refractivity contribution in [3.05, 3.63) is 23.8 Å². The van der Waals surface area contributed by atoms with E-state index in [0.29, 0.717) is 6.42 Å². The molecule has 100 valence electrons. The average Bonchev–Trinajstić information content (AvgIpc) is 2.57. The summed E-state index contributed by atoms with van der Waals surface area (Å²) in [5, 5.41) is 0. The molecule has 0 spiro atoms. The third kappa shape index (κ3) is 2.40.